The number of benzene rings is 1. The molecule has 0 spiro atoms. The molecule has 0 saturated carbocycles. The third kappa shape index (κ3) is 1.92. The lowest BCUT2D eigenvalue weighted by Crippen LogP contribution is -2.13. The number of carbonyl (C=O) groups is 1. The van der Waals surface area contributed by atoms with E-state index in [2.05, 4.69) is 0 Å². The number of rotatable bonds is 3. The molecule has 0 bridgehead atoms. The molecule has 16 heavy (non-hydrogen) atoms. The Morgan fingerprint density at radius 3 is 2.44 bits per heavy atom. The van der Waals surface area contributed by atoms with Gasteiger partial charge in [0, 0.05) is 5.69 Å². The maximum atomic E-state index is 11.1. The van der Waals surface area contributed by atoms with E-state index in [1.54, 1.807) is 29.2 Å². The van der Waals surface area contributed by atoms with E-state index in [4.69, 9.17) is 0 Å². The Morgan fingerprint density at radius 2 is 1.94 bits per heavy atom. The number of nitrogens with zero attached hydrogens (tertiary/aromatic N) is 1. The van der Waals surface area contributed by atoms with Crippen LogP contribution in [0.2, 0.25) is 0 Å². The monoisotopic (exact) mass is 233 g/mol. The number of phenols is 1. The van der Waals surface area contributed by atoms with Crippen LogP contribution in [0.1, 0.15) is 5.56 Å². The van der Waals surface area contributed by atoms with Gasteiger partial charge in [0.15, 0.2) is 0 Å². The van der Waals surface area contributed by atoms with Crippen molar-refractivity contribution in [2.45, 2.75) is 6.92 Å². The van der Waals surface area contributed by atoms with E-state index in [1.807, 2.05) is 18.4 Å². The minimum absolute atomic E-state index is 0.192. The molecule has 0 unspecified atom stereocenters. The normalized spacial score (nSPS) is 10.1. The lowest BCUT2D eigenvalue weighted by atomic mass is 10.2. The number of aryl methyl sites for hydroxylation is 1. The van der Waals surface area contributed by atoms with Gasteiger partial charge in [0.2, 0.25) is 6.41 Å². The number of amides is 1. The maximum absolute atomic E-state index is 11.1. The lowest BCUT2D eigenvalue weighted by molar-refractivity contribution is -0.106. The van der Waals surface area contributed by atoms with Gasteiger partial charge in [-0.25, -0.2) is 0 Å². The molecule has 3 nitrogen and oxygen atoms in total. The minimum Gasteiger partial charge on any atom is -0.508 e. The zero-order valence-corrected chi connectivity index (χ0v) is 9.57. The predicted octanol–water partition coefficient (Wildman–Crippen LogP) is 3.06. The molecule has 1 heterocycles. The van der Waals surface area contributed by atoms with Gasteiger partial charge in [0.25, 0.3) is 0 Å². The number of phenolic OH excluding ortho intramolecular Hbond substituents is 1. The molecule has 2 aromatic rings. The van der Waals surface area contributed by atoms with Crippen LogP contribution < -0.4 is 4.90 Å². The van der Waals surface area contributed by atoms with Crippen LogP contribution in [0, 0.1) is 6.92 Å². The van der Waals surface area contributed by atoms with Gasteiger partial charge in [0.05, 0.1) is 0 Å². The van der Waals surface area contributed by atoms with Gasteiger partial charge in [-0.3, -0.25) is 9.69 Å². The Balaban J connectivity index is 2.40. The molecule has 0 radical (unpaired) electrons. The standard InChI is InChI=1S/C12H11NO2S/c1-9-6-7-16-12(9)13(8-14)10-2-4-11(15)5-3-10/h2-8,15H,1H3. The molecule has 1 aromatic carbocycles. The molecule has 82 valence electrons. The first-order valence-corrected chi connectivity index (χ1v) is 5.68. The van der Waals surface area contributed by atoms with E-state index < -0.39 is 0 Å². The highest BCUT2D eigenvalue weighted by atomic mass is 32.1. The fourth-order valence-electron chi connectivity index (χ4n) is 1.45. The van der Waals surface area contributed by atoms with E-state index in [-0.39, 0.29) is 5.75 Å². The fraction of sp³-hybridized carbons (Fsp3) is 0.0833. The zero-order valence-electron chi connectivity index (χ0n) is 8.75. The first-order chi connectivity index (χ1) is 7.72. The van der Waals surface area contributed by atoms with Crippen molar-refractivity contribution in [3.05, 3.63) is 41.3 Å². The highest BCUT2D eigenvalue weighted by Crippen LogP contribution is 2.32. The van der Waals surface area contributed by atoms with Gasteiger partial charge in [0.1, 0.15) is 10.8 Å². The Kier molecular flexibility index (Phi) is 2.92. The average molecular weight is 233 g/mol. The quantitative estimate of drug-likeness (QED) is 0.828. The molecule has 1 amide bonds. The van der Waals surface area contributed by atoms with Gasteiger partial charge in [-0.1, -0.05) is 0 Å². The molecular weight excluding hydrogens is 222 g/mol. The highest BCUT2D eigenvalue weighted by molar-refractivity contribution is 7.14. The van der Waals surface area contributed by atoms with Crippen LogP contribution in [0.5, 0.6) is 5.75 Å². The molecule has 0 atom stereocenters. The third-order valence-electron chi connectivity index (χ3n) is 2.29. The summed E-state index contributed by atoms with van der Waals surface area (Å²) in [6.45, 7) is 1.96. The van der Waals surface area contributed by atoms with Crippen LogP contribution in [0.4, 0.5) is 10.7 Å². The molecule has 4 heteroatoms. The molecule has 1 aromatic heterocycles. The predicted molar refractivity (Wildman–Crippen MR) is 65.4 cm³/mol. The summed E-state index contributed by atoms with van der Waals surface area (Å²) in [6.07, 6.45) is 0.783. The van der Waals surface area contributed by atoms with Crippen LogP contribution in [0.3, 0.4) is 0 Å². The fourth-order valence-corrected chi connectivity index (χ4v) is 2.37. The molecule has 1 N–H and O–H groups in total. The summed E-state index contributed by atoms with van der Waals surface area (Å²) in [6, 6.07) is 8.52. The van der Waals surface area contributed by atoms with E-state index in [0.29, 0.717) is 0 Å². The van der Waals surface area contributed by atoms with Crippen molar-refractivity contribution in [2.24, 2.45) is 0 Å². The van der Waals surface area contributed by atoms with Gasteiger partial charge in [-0.15, -0.1) is 11.3 Å². The topological polar surface area (TPSA) is 40.5 Å². The van der Waals surface area contributed by atoms with Gasteiger partial charge in [-0.2, -0.15) is 0 Å². The molecule has 0 aliphatic heterocycles. The third-order valence-corrected chi connectivity index (χ3v) is 3.30. The van der Waals surface area contributed by atoms with Gasteiger partial charge >= 0.3 is 0 Å². The summed E-state index contributed by atoms with van der Waals surface area (Å²) in [5, 5.41) is 12.0. The van der Waals surface area contributed by atoms with Crippen molar-refractivity contribution in [2.75, 3.05) is 4.90 Å². The number of carbonyl (C=O) groups excluding carboxylic acids is 1. The highest BCUT2D eigenvalue weighted by Gasteiger charge is 2.11. The van der Waals surface area contributed by atoms with E-state index >= 15 is 0 Å². The molecule has 0 saturated heterocycles. The molecule has 0 aliphatic rings. The molecular formula is C12H11NO2S. The second kappa shape index (κ2) is 4.37. The van der Waals surface area contributed by atoms with Gasteiger partial charge in [-0.05, 0) is 48.2 Å². The van der Waals surface area contributed by atoms with E-state index in [9.17, 15) is 9.90 Å². The van der Waals surface area contributed by atoms with Crippen LogP contribution in [0.15, 0.2) is 35.7 Å². The SMILES string of the molecule is Cc1ccsc1N(C=O)c1ccc(O)cc1. The van der Waals surface area contributed by atoms with Crippen LogP contribution >= 0.6 is 11.3 Å². The number of anilines is 2. The molecule has 2 rings (SSSR count). The van der Waals surface area contributed by atoms with Crippen LogP contribution in [-0.4, -0.2) is 11.5 Å². The first kappa shape index (κ1) is 10.7. The average Bonchev–Trinajstić information content (AvgIpc) is 2.69. The van der Waals surface area contributed by atoms with Gasteiger partial charge < -0.3 is 5.11 Å². The number of aromatic hydroxyl groups is 1. The summed E-state index contributed by atoms with van der Waals surface area (Å²) in [7, 11) is 0. The number of hydrogen-bond acceptors (Lipinski definition) is 3. The van der Waals surface area contributed by atoms with Crippen molar-refractivity contribution in [3.63, 3.8) is 0 Å². The van der Waals surface area contributed by atoms with Crippen molar-refractivity contribution >= 4 is 28.4 Å². The minimum atomic E-state index is 0.192. The van der Waals surface area contributed by atoms with Crippen molar-refractivity contribution < 1.29 is 9.90 Å². The smallest absolute Gasteiger partial charge is 0.219 e. The van der Waals surface area contributed by atoms with Crippen molar-refractivity contribution in [3.8, 4) is 5.75 Å². The second-order valence-corrected chi connectivity index (χ2v) is 4.30. The Bertz CT molecular complexity index is 490. The first-order valence-electron chi connectivity index (χ1n) is 4.80. The van der Waals surface area contributed by atoms with Crippen molar-refractivity contribution in [1.82, 2.24) is 0 Å². The molecule has 0 fully saturated rings. The zero-order chi connectivity index (χ0) is 11.5. The Labute approximate surface area is 97.6 Å². The maximum Gasteiger partial charge on any atom is 0.219 e. The summed E-state index contributed by atoms with van der Waals surface area (Å²) in [4.78, 5) is 12.7. The Hall–Kier alpha value is -1.81. The Morgan fingerprint density at radius 1 is 1.25 bits per heavy atom. The number of thiophene rings is 1. The van der Waals surface area contributed by atoms with E-state index in [0.717, 1.165) is 22.7 Å². The number of hydrogen-bond donors (Lipinski definition) is 1. The van der Waals surface area contributed by atoms with Crippen LogP contribution in [0.25, 0.3) is 0 Å². The molecule has 0 aliphatic carbocycles. The summed E-state index contributed by atoms with van der Waals surface area (Å²) in [5.41, 5.74) is 1.81. The summed E-state index contributed by atoms with van der Waals surface area (Å²) < 4.78 is 0. The van der Waals surface area contributed by atoms with Crippen molar-refractivity contribution in [1.29, 1.82) is 0 Å². The second-order valence-electron chi connectivity index (χ2n) is 3.40. The lowest BCUT2D eigenvalue weighted by Gasteiger charge is -2.16. The largest absolute Gasteiger partial charge is 0.508 e. The van der Waals surface area contributed by atoms with E-state index in [1.165, 1.54) is 11.3 Å². The van der Waals surface area contributed by atoms with Crippen LogP contribution in [-0.2, 0) is 4.79 Å². The summed E-state index contributed by atoms with van der Waals surface area (Å²) in [5.74, 6) is 0.192. The summed E-state index contributed by atoms with van der Waals surface area (Å²) >= 11 is 1.51.